The fraction of sp³-hybridized carbons (Fsp3) is 0.269. The first-order chi connectivity index (χ1) is 16.8. The number of carbonyl (C=O) groups excluding carboxylic acids is 1. The molecule has 0 aromatic heterocycles. The smallest absolute Gasteiger partial charge is 0.261 e. The van der Waals surface area contributed by atoms with E-state index in [0.29, 0.717) is 23.5 Å². The molecule has 36 heavy (non-hydrogen) atoms. The summed E-state index contributed by atoms with van der Waals surface area (Å²) in [7, 11) is -7.29. The van der Waals surface area contributed by atoms with Crippen LogP contribution >= 0.6 is 0 Å². The third kappa shape index (κ3) is 7.32. The molecular weight excluding hydrogens is 498 g/mol. The van der Waals surface area contributed by atoms with E-state index in [1.807, 2.05) is 39.0 Å². The number of sulfonamides is 2. The second-order valence-electron chi connectivity index (χ2n) is 8.77. The monoisotopic (exact) mass is 529 g/mol. The zero-order valence-corrected chi connectivity index (χ0v) is 22.4. The molecule has 0 aliphatic rings. The maximum Gasteiger partial charge on any atom is 0.261 e. The fourth-order valence-corrected chi connectivity index (χ4v) is 5.72. The summed E-state index contributed by atoms with van der Waals surface area (Å²) in [6.07, 6.45) is 1.56. The maximum absolute atomic E-state index is 12.8. The van der Waals surface area contributed by atoms with Crippen LogP contribution in [0.1, 0.15) is 29.5 Å². The molecule has 192 valence electrons. The molecule has 10 heteroatoms. The van der Waals surface area contributed by atoms with Crippen molar-refractivity contribution in [3.05, 3.63) is 83.4 Å². The number of benzene rings is 3. The zero-order valence-electron chi connectivity index (χ0n) is 20.8. The van der Waals surface area contributed by atoms with Gasteiger partial charge in [0.2, 0.25) is 15.9 Å². The highest BCUT2D eigenvalue weighted by Gasteiger charge is 2.18. The van der Waals surface area contributed by atoms with E-state index in [-0.39, 0.29) is 23.8 Å². The summed E-state index contributed by atoms with van der Waals surface area (Å²) in [5.41, 5.74) is 4.21. The van der Waals surface area contributed by atoms with E-state index < -0.39 is 20.0 Å². The van der Waals surface area contributed by atoms with Crippen LogP contribution in [0, 0.1) is 20.8 Å². The maximum atomic E-state index is 12.8. The molecule has 0 radical (unpaired) electrons. The molecule has 0 spiro atoms. The second-order valence-corrected chi connectivity index (χ2v) is 12.4. The van der Waals surface area contributed by atoms with E-state index in [0.717, 1.165) is 22.9 Å². The van der Waals surface area contributed by atoms with Crippen molar-refractivity contribution < 1.29 is 21.6 Å². The molecule has 0 saturated heterocycles. The molecule has 0 aliphatic carbocycles. The van der Waals surface area contributed by atoms with E-state index in [1.165, 1.54) is 28.6 Å². The standard InChI is InChI=1S/C26H31N3O5S2/c1-19-7-5-8-23(17-19)29(35(4,31)32)16-6-9-26(30)27-22-12-14-24(15-13-22)36(33,34)28-25-18-20(2)10-11-21(25)3/h5,7-8,10-15,17-18,28H,6,9,16H2,1-4H3,(H,27,30). The van der Waals surface area contributed by atoms with Crippen molar-refractivity contribution in [3.63, 3.8) is 0 Å². The lowest BCUT2D eigenvalue weighted by atomic mass is 10.1. The van der Waals surface area contributed by atoms with Crippen LogP contribution in [-0.4, -0.2) is 35.5 Å². The Morgan fingerprint density at radius 1 is 0.861 bits per heavy atom. The first-order valence-electron chi connectivity index (χ1n) is 11.4. The molecule has 3 rings (SSSR count). The number of nitrogens with one attached hydrogen (secondary N) is 2. The molecule has 0 atom stereocenters. The number of aryl methyl sites for hydroxylation is 3. The van der Waals surface area contributed by atoms with E-state index in [2.05, 4.69) is 10.0 Å². The van der Waals surface area contributed by atoms with Crippen molar-refractivity contribution in [2.75, 3.05) is 27.1 Å². The fourth-order valence-electron chi connectivity index (χ4n) is 3.64. The Hall–Kier alpha value is -3.37. The minimum Gasteiger partial charge on any atom is -0.326 e. The van der Waals surface area contributed by atoms with Crippen molar-refractivity contribution in [2.24, 2.45) is 0 Å². The van der Waals surface area contributed by atoms with Crippen LogP contribution in [0.4, 0.5) is 17.1 Å². The molecule has 0 saturated carbocycles. The van der Waals surface area contributed by atoms with Crippen LogP contribution in [0.25, 0.3) is 0 Å². The van der Waals surface area contributed by atoms with Gasteiger partial charge in [-0.05, 0) is 86.3 Å². The molecule has 0 aliphatic heterocycles. The number of hydrogen-bond donors (Lipinski definition) is 2. The molecule has 3 aromatic carbocycles. The topological polar surface area (TPSA) is 113 Å². The summed E-state index contributed by atoms with van der Waals surface area (Å²) >= 11 is 0. The van der Waals surface area contributed by atoms with Gasteiger partial charge in [-0.3, -0.25) is 13.8 Å². The molecule has 0 unspecified atom stereocenters. The van der Waals surface area contributed by atoms with E-state index in [4.69, 9.17) is 0 Å². The molecule has 1 amide bonds. The van der Waals surface area contributed by atoms with E-state index in [9.17, 15) is 21.6 Å². The molecule has 3 aromatic rings. The predicted molar refractivity (Wildman–Crippen MR) is 144 cm³/mol. The third-order valence-electron chi connectivity index (χ3n) is 5.54. The van der Waals surface area contributed by atoms with Crippen molar-refractivity contribution in [3.8, 4) is 0 Å². The average Bonchev–Trinajstić information content (AvgIpc) is 2.78. The highest BCUT2D eigenvalue weighted by molar-refractivity contribution is 7.92. The minimum absolute atomic E-state index is 0.0725. The Labute approximate surface area is 213 Å². The highest BCUT2D eigenvalue weighted by Crippen LogP contribution is 2.23. The van der Waals surface area contributed by atoms with Gasteiger partial charge in [0.1, 0.15) is 0 Å². The summed E-state index contributed by atoms with van der Waals surface area (Å²) in [4.78, 5) is 12.5. The van der Waals surface area contributed by atoms with Gasteiger partial charge >= 0.3 is 0 Å². The van der Waals surface area contributed by atoms with Gasteiger partial charge in [0.15, 0.2) is 0 Å². The number of rotatable bonds is 10. The molecule has 0 heterocycles. The van der Waals surface area contributed by atoms with Gasteiger partial charge in [-0.2, -0.15) is 0 Å². The first kappa shape index (κ1) is 27.2. The summed E-state index contributed by atoms with van der Waals surface area (Å²) in [6, 6.07) is 18.6. The lowest BCUT2D eigenvalue weighted by molar-refractivity contribution is -0.116. The Morgan fingerprint density at radius 3 is 2.17 bits per heavy atom. The quantitative estimate of drug-likeness (QED) is 0.399. The number of anilines is 3. The summed E-state index contributed by atoms with van der Waals surface area (Å²) in [5.74, 6) is -0.295. The van der Waals surface area contributed by atoms with Gasteiger partial charge in [0, 0.05) is 18.7 Å². The van der Waals surface area contributed by atoms with Gasteiger partial charge in [0.25, 0.3) is 10.0 Å². The number of amides is 1. The molecule has 0 fully saturated rings. The van der Waals surface area contributed by atoms with Crippen molar-refractivity contribution in [1.82, 2.24) is 0 Å². The van der Waals surface area contributed by atoms with Crippen molar-refractivity contribution in [2.45, 2.75) is 38.5 Å². The second kappa shape index (κ2) is 11.1. The first-order valence-corrected chi connectivity index (χ1v) is 14.7. The summed E-state index contributed by atoms with van der Waals surface area (Å²) in [6.45, 7) is 5.76. The van der Waals surface area contributed by atoms with Gasteiger partial charge in [0.05, 0.1) is 22.5 Å². The van der Waals surface area contributed by atoms with E-state index in [1.54, 1.807) is 24.3 Å². The molecule has 2 N–H and O–H groups in total. The number of carbonyl (C=O) groups is 1. The van der Waals surface area contributed by atoms with Gasteiger partial charge in [-0.1, -0.05) is 24.3 Å². The van der Waals surface area contributed by atoms with Crippen LogP contribution in [0.2, 0.25) is 0 Å². The van der Waals surface area contributed by atoms with Gasteiger partial charge in [-0.15, -0.1) is 0 Å². The largest absolute Gasteiger partial charge is 0.326 e. The third-order valence-corrected chi connectivity index (χ3v) is 8.12. The van der Waals surface area contributed by atoms with Crippen LogP contribution in [-0.2, 0) is 24.8 Å². The number of hydrogen-bond acceptors (Lipinski definition) is 5. The van der Waals surface area contributed by atoms with Crippen molar-refractivity contribution in [1.29, 1.82) is 0 Å². The lowest BCUT2D eigenvalue weighted by Gasteiger charge is -2.22. The van der Waals surface area contributed by atoms with Crippen LogP contribution < -0.4 is 14.3 Å². The van der Waals surface area contributed by atoms with Crippen LogP contribution in [0.15, 0.2) is 71.6 Å². The van der Waals surface area contributed by atoms with Crippen LogP contribution in [0.5, 0.6) is 0 Å². The molecular formula is C26H31N3O5S2. The van der Waals surface area contributed by atoms with Gasteiger partial charge < -0.3 is 5.32 Å². The number of nitrogens with zero attached hydrogens (tertiary/aromatic N) is 1. The zero-order chi connectivity index (χ0) is 26.5. The lowest BCUT2D eigenvalue weighted by Crippen LogP contribution is -2.31. The minimum atomic E-state index is -3.79. The summed E-state index contributed by atoms with van der Waals surface area (Å²) in [5, 5.41) is 2.73. The Kier molecular flexibility index (Phi) is 8.42. The predicted octanol–water partition coefficient (Wildman–Crippen LogP) is 4.60. The molecule has 8 nitrogen and oxygen atoms in total. The Bertz CT molecular complexity index is 1450. The SMILES string of the molecule is Cc1cccc(N(CCCC(=O)Nc2ccc(S(=O)(=O)Nc3cc(C)ccc3C)cc2)S(C)(=O)=O)c1. The normalized spacial score (nSPS) is 11.7. The Balaban J connectivity index is 1.59. The average molecular weight is 530 g/mol. The van der Waals surface area contributed by atoms with Gasteiger partial charge in [-0.25, -0.2) is 16.8 Å². The van der Waals surface area contributed by atoms with E-state index >= 15 is 0 Å². The Morgan fingerprint density at radius 2 is 1.53 bits per heavy atom. The highest BCUT2D eigenvalue weighted by atomic mass is 32.2. The molecule has 0 bridgehead atoms. The van der Waals surface area contributed by atoms with Crippen LogP contribution in [0.3, 0.4) is 0 Å². The summed E-state index contributed by atoms with van der Waals surface area (Å²) < 4.78 is 53.9. The van der Waals surface area contributed by atoms with Crippen molar-refractivity contribution >= 4 is 43.0 Å².